The molecule has 1 unspecified atom stereocenters. The largest absolute Gasteiger partial charge is 0.468 e. The fourth-order valence-corrected chi connectivity index (χ4v) is 2.68. The number of unbranched alkanes of at least 4 members (excludes halogenated alkanes) is 1. The lowest BCUT2D eigenvalue weighted by molar-refractivity contribution is -0.148. The number of hydrogen-bond acceptors (Lipinski definition) is 4. The lowest BCUT2D eigenvalue weighted by Gasteiger charge is -2.28. The number of methoxy groups -OCH3 is 1. The van der Waals surface area contributed by atoms with Crippen molar-refractivity contribution >= 4 is 21.9 Å². The number of rotatable bonds is 8. The Morgan fingerprint density at radius 2 is 2.35 bits per heavy atom. The van der Waals surface area contributed by atoms with Gasteiger partial charge in [-0.2, -0.15) is 5.10 Å². The SMILES string of the molecule is COC(=O)C(C)(CCCCn1cc(Br)cn1)NC1CC1. The molecule has 20 heavy (non-hydrogen) atoms. The molecule has 2 rings (SSSR count). The van der Waals surface area contributed by atoms with Gasteiger partial charge in [-0.15, -0.1) is 0 Å². The molecule has 5 nitrogen and oxygen atoms in total. The lowest BCUT2D eigenvalue weighted by Crippen LogP contribution is -2.51. The van der Waals surface area contributed by atoms with Gasteiger partial charge in [0, 0.05) is 18.8 Å². The molecule has 6 heteroatoms. The van der Waals surface area contributed by atoms with Crippen LogP contribution in [0.5, 0.6) is 0 Å². The smallest absolute Gasteiger partial charge is 0.325 e. The molecule has 1 fully saturated rings. The van der Waals surface area contributed by atoms with E-state index < -0.39 is 5.54 Å². The van der Waals surface area contributed by atoms with Gasteiger partial charge < -0.3 is 4.74 Å². The maximum atomic E-state index is 12.0. The van der Waals surface area contributed by atoms with Crippen LogP contribution in [-0.4, -0.2) is 34.4 Å². The highest BCUT2D eigenvalue weighted by atomic mass is 79.9. The Bertz CT molecular complexity index is 459. The first-order chi connectivity index (χ1) is 9.53. The molecule has 1 saturated carbocycles. The zero-order valence-corrected chi connectivity index (χ0v) is 13.6. The van der Waals surface area contributed by atoms with E-state index in [0.29, 0.717) is 6.04 Å². The first kappa shape index (κ1) is 15.5. The van der Waals surface area contributed by atoms with Crippen molar-refractivity contribution < 1.29 is 9.53 Å². The van der Waals surface area contributed by atoms with E-state index in [4.69, 9.17) is 4.74 Å². The standard InChI is InChI=1S/C14H22BrN3O2/c1-14(13(19)20-2,17-12-5-6-12)7-3-4-8-18-10-11(15)9-16-18/h9-10,12,17H,3-8H2,1-2H3. The Labute approximate surface area is 128 Å². The van der Waals surface area contributed by atoms with Crippen molar-refractivity contribution in [2.24, 2.45) is 0 Å². The molecule has 0 amide bonds. The molecule has 1 aliphatic rings. The first-order valence-corrected chi connectivity index (χ1v) is 7.87. The third-order valence-electron chi connectivity index (χ3n) is 3.65. The highest BCUT2D eigenvalue weighted by Crippen LogP contribution is 2.26. The second kappa shape index (κ2) is 6.72. The summed E-state index contributed by atoms with van der Waals surface area (Å²) in [5, 5.41) is 7.64. The summed E-state index contributed by atoms with van der Waals surface area (Å²) in [5.41, 5.74) is -0.555. The van der Waals surface area contributed by atoms with Gasteiger partial charge in [0.25, 0.3) is 0 Å². The lowest BCUT2D eigenvalue weighted by atomic mass is 9.94. The molecule has 0 spiro atoms. The van der Waals surface area contributed by atoms with Crippen molar-refractivity contribution in [1.82, 2.24) is 15.1 Å². The Morgan fingerprint density at radius 1 is 1.60 bits per heavy atom. The monoisotopic (exact) mass is 343 g/mol. The molecule has 1 aliphatic carbocycles. The number of esters is 1. The molecule has 1 aromatic rings. The molecule has 112 valence electrons. The molecule has 1 heterocycles. The second-order valence-electron chi connectivity index (χ2n) is 5.62. The summed E-state index contributed by atoms with van der Waals surface area (Å²) in [6.45, 7) is 2.81. The minimum absolute atomic E-state index is 0.161. The number of nitrogens with one attached hydrogen (secondary N) is 1. The van der Waals surface area contributed by atoms with E-state index in [1.165, 1.54) is 7.11 Å². The number of carbonyl (C=O) groups is 1. The van der Waals surface area contributed by atoms with E-state index in [0.717, 1.165) is 43.1 Å². The summed E-state index contributed by atoms with van der Waals surface area (Å²) in [4.78, 5) is 12.0. The van der Waals surface area contributed by atoms with Gasteiger partial charge in [0.1, 0.15) is 5.54 Å². The first-order valence-electron chi connectivity index (χ1n) is 7.07. The molecule has 0 bridgehead atoms. The minimum Gasteiger partial charge on any atom is -0.468 e. The van der Waals surface area contributed by atoms with Crippen molar-refractivity contribution in [3.8, 4) is 0 Å². The van der Waals surface area contributed by atoms with E-state index in [1.54, 1.807) is 6.20 Å². The third kappa shape index (κ3) is 4.31. The van der Waals surface area contributed by atoms with Crippen LogP contribution in [0.15, 0.2) is 16.9 Å². The Morgan fingerprint density at radius 3 is 2.90 bits per heavy atom. The van der Waals surface area contributed by atoms with Gasteiger partial charge in [-0.3, -0.25) is 14.8 Å². The van der Waals surface area contributed by atoms with Gasteiger partial charge in [0.15, 0.2) is 0 Å². The van der Waals surface area contributed by atoms with Gasteiger partial charge >= 0.3 is 5.97 Å². The number of hydrogen-bond donors (Lipinski definition) is 1. The van der Waals surface area contributed by atoms with Crippen molar-refractivity contribution in [1.29, 1.82) is 0 Å². The number of aromatic nitrogens is 2. The van der Waals surface area contributed by atoms with Crippen molar-refractivity contribution in [3.63, 3.8) is 0 Å². The molecular weight excluding hydrogens is 322 g/mol. The summed E-state index contributed by atoms with van der Waals surface area (Å²) in [6, 6.07) is 0.487. The Balaban J connectivity index is 1.77. The quantitative estimate of drug-likeness (QED) is 0.582. The molecule has 1 N–H and O–H groups in total. The number of aryl methyl sites for hydroxylation is 1. The van der Waals surface area contributed by atoms with Gasteiger partial charge in [-0.05, 0) is 55.0 Å². The maximum absolute atomic E-state index is 12.0. The third-order valence-corrected chi connectivity index (χ3v) is 4.06. The van der Waals surface area contributed by atoms with Crippen molar-refractivity contribution in [2.45, 2.75) is 57.2 Å². The van der Waals surface area contributed by atoms with Crippen LogP contribution in [0.2, 0.25) is 0 Å². The zero-order valence-electron chi connectivity index (χ0n) is 12.1. The zero-order chi connectivity index (χ0) is 14.6. The van der Waals surface area contributed by atoms with E-state index in [9.17, 15) is 4.79 Å². The minimum atomic E-state index is -0.555. The van der Waals surface area contributed by atoms with E-state index in [2.05, 4.69) is 26.3 Å². The number of nitrogens with zero attached hydrogens (tertiary/aromatic N) is 2. The van der Waals surface area contributed by atoms with Crippen LogP contribution in [-0.2, 0) is 16.1 Å². The van der Waals surface area contributed by atoms with Crippen molar-refractivity contribution in [3.05, 3.63) is 16.9 Å². The summed E-state index contributed by atoms with van der Waals surface area (Å²) in [7, 11) is 1.45. The fourth-order valence-electron chi connectivity index (χ4n) is 2.35. The molecule has 1 aromatic heterocycles. The molecule has 0 aliphatic heterocycles. The molecule has 0 aromatic carbocycles. The topological polar surface area (TPSA) is 56.2 Å². The predicted octanol–water partition coefficient (Wildman–Crippen LogP) is 2.50. The normalized spacial score (nSPS) is 17.8. The van der Waals surface area contributed by atoms with E-state index in [-0.39, 0.29) is 5.97 Å². The maximum Gasteiger partial charge on any atom is 0.325 e. The number of halogens is 1. The van der Waals surface area contributed by atoms with Crippen LogP contribution < -0.4 is 5.32 Å². The Hall–Kier alpha value is -0.880. The van der Waals surface area contributed by atoms with Crippen LogP contribution >= 0.6 is 15.9 Å². The van der Waals surface area contributed by atoms with Gasteiger partial charge in [-0.25, -0.2) is 0 Å². The average Bonchev–Trinajstić information content (AvgIpc) is 3.14. The summed E-state index contributed by atoms with van der Waals surface area (Å²) >= 11 is 3.38. The number of ether oxygens (including phenoxy) is 1. The van der Waals surface area contributed by atoms with Crippen LogP contribution in [0, 0.1) is 0 Å². The van der Waals surface area contributed by atoms with Crippen LogP contribution in [0.3, 0.4) is 0 Å². The van der Waals surface area contributed by atoms with Gasteiger partial charge in [-0.1, -0.05) is 0 Å². The highest BCUT2D eigenvalue weighted by molar-refractivity contribution is 9.10. The Kier molecular flexibility index (Phi) is 5.21. The van der Waals surface area contributed by atoms with Gasteiger partial charge in [0.2, 0.25) is 0 Å². The van der Waals surface area contributed by atoms with E-state index >= 15 is 0 Å². The summed E-state index contributed by atoms with van der Waals surface area (Å²) in [5.74, 6) is -0.161. The van der Waals surface area contributed by atoms with Crippen LogP contribution in [0.4, 0.5) is 0 Å². The molecular formula is C14H22BrN3O2. The second-order valence-corrected chi connectivity index (χ2v) is 6.54. The predicted molar refractivity (Wildman–Crippen MR) is 80.4 cm³/mol. The van der Waals surface area contributed by atoms with Crippen molar-refractivity contribution in [2.75, 3.05) is 7.11 Å². The van der Waals surface area contributed by atoms with Gasteiger partial charge in [0.05, 0.1) is 17.8 Å². The average molecular weight is 344 g/mol. The highest BCUT2D eigenvalue weighted by Gasteiger charge is 2.38. The molecule has 0 radical (unpaired) electrons. The van der Waals surface area contributed by atoms with Crippen LogP contribution in [0.25, 0.3) is 0 Å². The summed E-state index contributed by atoms with van der Waals surface area (Å²) in [6.07, 6.45) is 8.81. The van der Waals surface area contributed by atoms with Crippen LogP contribution in [0.1, 0.15) is 39.0 Å². The molecule has 1 atom stereocenters. The molecule has 0 saturated heterocycles. The number of carbonyl (C=O) groups excluding carboxylic acids is 1. The summed E-state index contributed by atoms with van der Waals surface area (Å²) < 4.78 is 7.84. The fraction of sp³-hybridized carbons (Fsp3) is 0.714. The van der Waals surface area contributed by atoms with E-state index in [1.807, 2.05) is 17.8 Å².